The standard InChI is InChI=1S/C20H15Cl2N3O2/c1-20(15-8-4-6-12-5-2-3-7-14(12)15)18(26)25(19(27)24-20)11-13-9-10-16(21)23-17(13)22/h2-10H,11H2,1H3,(H,24,27)/t20-/m1/s1. The van der Waals surface area contributed by atoms with Crippen LogP contribution >= 0.6 is 23.2 Å². The number of nitrogens with one attached hydrogen (secondary N) is 1. The van der Waals surface area contributed by atoms with Gasteiger partial charge in [-0.1, -0.05) is 71.7 Å². The van der Waals surface area contributed by atoms with Gasteiger partial charge in [-0.25, -0.2) is 9.78 Å². The summed E-state index contributed by atoms with van der Waals surface area (Å²) in [6, 6.07) is 16.2. The van der Waals surface area contributed by atoms with Crippen LogP contribution in [0.2, 0.25) is 10.3 Å². The van der Waals surface area contributed by atoms with E-state index in [0.717, 1.165) is 21.2 Å². The molecule has 0 aliphatic carbocycles. The Hall–Kier alpha value is -2.63. The number of fused-ring (bicyclic) bond motifs is 1. The number of rotatable bonds is 3. The lowest BCUT2D eigenvalue weighted by molar-refractivity contribution is -0.131. The summed E-state index contributed by atoms with van der Waals surface area (Å²) in [5.41, 5.74) is 0.137. The van der Waals surface area contributed by atoms with E-state index in [-0.39, 0.29) is 22.8 Å². The minimum atomic E-state index is -1.16. The quantitative estimate of drug-likeness (QED) is 0.520. The number of halogens is 2. The van der Waals surface area contributed by atoms with Crippen LogP contribution in [0.3, 0.4) is 0 Å². The van der Waals surface area contributed by atoms with E-state index in [0.29, 0.717) is 5.56 Å². The molecule has 1 aliphatic heterocycles. The van der Waals surface area contributed by atoms with Crippen molar-refractivity contribution >= 4 is 45.9 Å². The van der Waals surface area contributed by atoms with E-state index >= 15 is 0 Å². The zero-order valence-corrected chi connectivity index (χ0v) is 15.9. The average molecular weight is 400 g/mol. The number of amides is 3. The zero-order valence-electron chi connectivity index (χ0n) is 14.4. The van der Waals surface area contributed by atoms with Crippen molar-refractivity contribution in [2.24, 2.45) is 0 Å². The molecule has 0 spiro atoms. The molecule has 1 aliphatic rings. The highest BCUT2D eigenvalue weighted by Crippen LogP contribution is 2.34. The van der Waals surface area contributed by atoms with Gasteiger partial charge in [-0.05, 0) is 29.3 Å². The number of carbonyl (C=O) groups is 2. The van der Waals surface area contributed by atoms with Crippen LogP contribution in [0.15, 0.2) is 54.6 Å². The van der Waals surface area contributed by atoms with Gasteiger partial charge < -0.3 is 5.32 Å². The van der Waals surface area contributed by atoms with Gasteiger partial charge in [0.25, 0.3) is 5.91 Å². The van der Waals surface area contributed by atoms with Gasteiger partial charge >= 0.3 is 6.03 Å². The molecular formula is C20H15Cl2N3O2. The van der Waals surface area contributed by atoms with Gasteiger partial charge in [-0.2, -0.15) is 0 Å². The predicted molar refractivity (Wildman–Crippen MR) is 105 cm³/mol. The topological polar surface area (TPSA) is 62.3 Å². The summed E-state index contributed by atoms with van der Waals surface area (Å²) in [6.07, 6.45) is 0. The molecule has 0 bridgehead atoms. The second-order valence-corrected chi connectivity index (χ2v) is 7.30. The molecular weight excluding hydrogens is 385 g/mol. The number of hydrogen-bond donors (Lipinski definition) is 1. The Balaban J connectivity index is 1.73. The zero-order chi connectivity index (χ0) is 19.2. The highest BCUT2D eigenvalue weighted by molar-refractivity contribution is 6.32. The van der Waals surface area contributed by atoms with Crippen LogP contribution in [0.1, 0.15) is 18.1 Å². The van der Waals surface area contributed by atoms with Crippen LogP contribution in [-0.4, -0.2) is 21.8 Å². The van der Waals surface area contributed by atoms with Crippen molar-refractivity contribution in [3.63, 3.8) is 0 Å². The fourth-order valence-corrected chi connectivity index (χ4v) is 3.82. The largest absolute Gasteiger partial charge is 0.325 e. The summed E-state index contributed by atoms with van der Waals surface area (Å²) in [4.78, 5) is 30.9. The Kier molecular flexibility index (Phi) is 4.29. The lowest BCUT2D eigenvalue weighted by Crippen LogP contribution is -2.41. The molecule has 27 heavy (non-hydrogen) atoms. The fourth-order valence-electron chi connectivity index (χ4n) is 3.41. The maximum Gasteiger partial charge on any atom is 0.325 e. The first-order valence-corrected chi connectivity index (χ1v) is 9.09. The van der Waals surface area contributed by atoms with E-state index in [1.165, 1.54) is 0 Å². The summed E-state index contributed by atoms with van der Waals surface area (Å²) in [7, 11) is 0. The van der Waals surface area contributed by atoms with Crippen LogP contribution in [0, 0.1) is 0 Å². The van der Waals surface area contributed by atoms with Crippen LogP contribution in [0.25, 0.3) is 10.8 Å². The first-order valence-electron chi connectivity index (χ1n) is 8.33. The Bertz CT molecular complexity index is 1080. The third-order valence-electron chi connectivity index (χ3n) is 4.82. The number of benzene rings is 2. The smallest absolute Gasteiger partial charge is 0.319 e. The minimum absolute atomic E-state index is 0.0219. The van der Waals surface area contributed by atoms with Crippen LogP contribution in [-0.2, 0) is 16.9 Å². The molecule has 0 radical (unpaired) electrons. The number of pyridine rings is 1. The highest BCUT2D eigenvalue weighted by Gasteiger charge is 2.49. The molecule has 5 nitrogen and oxygen atoms in total. The maximum absolute atomic E-state index is 13.2. The summed E-state index contributed by atoms with van der Waals surface area (Å²) >= 11 is 11.9. The summed E-state index contributed by atoms with van der Waals surface area (Å²) < 4.78 is 0. The molecule has 1 atom stereocenters. The monoisotopic (exact) mass is 399 g/mol. The van der Waals surface area contributed by atoms with Gasteiger partial charge in [0.15, 0.2) is 0 Å². The first kappa shape index (κ1) is 17.8. The van der Waals surface area contributed by atoms with Gasteiger partial charge in [-0.3, -0.25) is 9.69 Å². The van der Waals surface area contributed by atoms with Crippen molar-refractivity contribution in [3.05, 3.63) is 76.0 Å². The van der Waals surface area contributed by atoms with Crippen LogP contribution in [0.5, 0.6) is 0 Å². The molecule has 2 heterocycles. The van der Waals surface area contributed by atoms with Crippen molar-refractivity contribution in [1.82, 2.24) is 15.2 Å². The Morgan fingerprint density at radius 2 is 1.78 bits per heavy atom. The van der Waals surface area contributed by atoms with E-state index in [4.69, 9.17) is 23.2 Å². The molecule has 1 fully saturated rings. The van der Waals surface area contributed by atoms with Crippen molar-refractivity contribution in [3.8, 4) is 0 Å². The molecule has 4 rings (SSSR count). The van der Waals surface area contributed by atoms with Crippen LogP contribution in [0.4, 0.5) is 4.79 Å². The van der Waals surface area contributed by atoms with Crippen LogP contribution < -0.4 is 5.32 Å². The molecule has 1 saturated heterocycles. The first-order chi connectivity index (χ1) is 12.9. The van der Waals surface area contributed by atoms with Gasteiger partial charge in [0.1, 0.15) is 15.8 Å². The molecule has 136 valence electrons. The Labute approximate surface area is 165 Å². The number of carbonyl (C=O) groups excluding carboxylic acids is 2. The van der Waals surface area contributed by atoms with E-state index in [1.54, 1.807) is 19.1 Å². The second-order valence-electron chi connectivity index (χ2n) is 6.56. The molecule has 7 heteroatoms. The number of urea groups is 1. The van der Waals surface area contributed by atoms with E-state index in [9.17, 15) is 9.59 Å². The Morgan fingerprint density at radius 1 is 1.04 bits per heavy atom. The van der Waals surface area contributed by atoms with Gasteiger partial charge in [-0.15, -0.1) is 0 Å². The fraction of sp³-hybridized carbons (Fsp3) is 0.150. The summed E-state index contributed by atoms with van der Waals surface area (Å²) in [6.45, 7) is 1.74. The molecule has 1 aromatic heterocycles. The summed E-state index contributed by atoms with van der Waals surface area (Å²) in [5, 5.41) is 5.18. The third-order valence-corrected chi connectivity index (χ3v) is 5.36. The SMILES string of the molecule is C[C@]1(c2cccc3ccccc23)NC(=O)N(Cc2ccc(Cl)nc2Cl)C1=O. The predicted octanol–water partition coefficient (Wildman–Crippen LogP) is 4.51. The highest BCUT2D eigenvalue weighted by atomic mass is 35.5. The molecule has 2 aromatic carbocycles. The van der Waals surface area contributed by atoms with Crippen molar-refractivity contribution in [2.75, 3.05) is 0 Å². The summed E-state index contributed by atoms with van der Waals surface area (Å²) in [5.74, 6) is -0.338. The van der Waals surface area contributed by atoms with Crippen molar-refractivity contribution in [2.45, 2.75) is 19.0 Å². The number of nitrogens with zero attached hydrogens (tertiary/aromatic N) is 2. The van der Waals surface area contributed by atoms with E-state index in [1.807, 2.05) is 42.5 Å². The minimum Gasteiger partial charge on any atom is -0.319 e. The van der Waals surface area contributed by atoms with Crippen molar-refractivity contribution < 1.29 is 9.59 Å². The van der Waals surface area contributed by atoms with Gasteiger partial charge in [0.05, 0.1) is 6.54 Å². The van der Waals surface area contributed by atoms with Gasteiger partial charge in [0, 0.05) is 5.56 Å². The lowest BCUT2D eigenvalue weighted by Gasteiger charge is -2.24. The lowest BCUT2D eigenvalue weighted by atomic mass is 9.88. The number of hydrogen-bond acceptors (Lipinski definition) is 3. The molecule has 3 amide bonds. The third kappa shape index (κ3) is 2.93. The van der Waals surface area contributed by atoms with E-state index < -0.39 is 11.6 Å². The second kappa shape index (κ2) is 6.51. The van der Waals surface area contributed by atoms with Gasteiger partial charge in [0.2, 0.25) is 0 Å². The normalized spacial score (nSPS) is 19.6. The van der Waals surface area contributed by atoms with E-state index in [2.05, 4.69) is 10.3 Å². The molecule has 1 N–H and O–H groups in total. The van der Waals surface area contributed by atoms with Crippen molar-refractivity contribution in [1.29, 1.82) is 0 Å². The molecule has 0 unspecified atom stereocenters. The molecule has 3 aromatic rings. The molecule has 0 saturated carbocycles. The average Bonchev–Trinajstić information content (AvgIpc) is 2.87. The number of aromatic nitrogens is 1. The maximum atomic E-state index is 13.2. The number of imide groups is 1. The Morgan fingerprint density at radius 3 is 2.56 bits per heavy atom.